The van der Waals surface area contributed by atoms with E-state index >= 15 is 0 Å². The predicted molar refractivity (Wildman–Crippen MR) is 87.4 cm³/mol. The maximum Gasteiger partial charge on any atom is 0.412 e. The Bertz CT molecular complexity index is 491. The summed E-state index contributed by atoms with van der Waals surface area (Å²) in [6.45, 7) is 0.951. The zero-order valence-corrected chi connectivity index (χ0v) is 13.7. The van der Waals surface area contributed by atoms with Crippen LogP contribution >= 0.6 is 0 Å². The second-order valence-corrected chi connectivity index (χ2v) is 6.08. The third-order valence-electron chi connectivity index (χ3n) is 4.04. The lowest BCUT2D eigenvalue weighted by molar-refractivity contribution is 0.0357. The van der Waals surface area contributed by atoms with Crippen molar-refractivity contribution in [2.45, 2.75) is 31.8 Å². The first-order valence-electron chi connectivity index (χ1n) is 7.85. The third kappa shape index (κ3) is 4.63. The normalized spacial score (nSPS) is 21.5. The lowest BCUT2D eigenvalue weighted by atomic mass is 9.86. The Balaban J connectivity index is 1.95. The Hall–Kier alpha value is -1.75. The van der Waals surface area contributed by atoms with Crippen LogP contribution in [0.4, 0.5) is 10.5 Å². The van der Waals surface area contributed by atoms with Gasteiger partial charge < -0.3 is 14.4 Å². The molecule has 1 aliphatic carbocycles. The van der Waals surface area contributed by atoms with Gasteiger partial charge in [-0.1, -0.05) is 18.6 Å². The van der Waals surface area contributed by atoms with E-state index in [0.717, 1.165) is 25.8 Å². The van der Waals surface area contributed by atoms with E-state index in [-0.39, 0.29) is 6.10 Å². The van der Waals surface area contributed by atoms with Gasteiger partial charge in [0.25, 0.3) is 0 Å². The second-order valence-electron chi connectivity index (χ2n) is 6.08. The first-order chi connectivity index (χ1) is 10.6. The number of benzene rings is 1. The summed E-state index contributed by atoms with van der Waals surface area (Å²) in [5, 5.41) is 2.78. The number of anilines is 1. The largest absolute Gasteiger partial charge is 0.495 e. The molecule has 0 radical (unpaired) electrons. The quantitative estimate of drug-likeness (QED) is 0.906. The number of para-hydroxylation sites is 2. The first-order valence-corrected chi connectivity index (χ1v) is 7.85. The molecule has 0 saturated heterocycles. The number of carbonyl (C=O) groups excluding carboxylic acids is 1. The molecule has 0 aromatic heterocycles. The summed E-state index contributed by atoms with van der Waals surface area (Å²) >= 11 is 0. The van der Waals surface area contributed by atoms with Gasteiger partial charge in [0.15, 0.2) is 0 Å². The minimum Gasteiger partial charge on any atom is -0.495 e. The maximum absolute atomic E-state index is 12.2. The minimum absolute atomic E-state index is 0.00847. The van der Waals surface area contributed by atoms with Crippen LogP contribution in [-0.2, 0) is 4.74 Å². The van der Waals surface area contributed by atoms with E-state index in [1.54, 1.807) is 13.2 Å². The molecular weight excluding hydrogens is 280 g/mol. The van der Waals surface area contributed by atoms with Crippen LogP contribution in [0.3, 0.4) is 0 Å². The number of nitrogens with zero attached hydrogens (tertiary/aromatic N) is 1. The highest BCUT2D eigenvalue weighted by Crippen LogP contribution is 2.28. The number of carbonyl (C=O) groups is 1. The number of rotatable bonds is 5. The molecule has 1 fully saturated rings. The van der Waals surface area contributed by atoms with Crippen molar-refractivity contribution >= 4 is 11.8 Å². The van der Waals surface area contributed by atoms with Gasteiger partial charge in [0.05, 0.1) is 12.8 Å². The molecule has 1 amide bonds. The SMILES string of the molecule is COc1ccccc1NC(=O)O[C@H]1CCCC[C@@H]1CN(C)C. The molecule has 0 heterocycles. The fourth-order valence-electron chi connectivity index (χ4n) is 3.03. The minimum atomic E-state index is -0.403. The van der Waals surface area contributed by atoms with Crippen LogP contribution in [0.2, 0.25) is 0 Å². The van der Waals surface area contributed by atoms with Crippen molar-refractivity contribution in [3.05, 3.63) is 24.3 Å². The molecule has 1 saturated carbocycles. The molecule has 1 N–H and O–H groups in total. The molecule has 122 valence electrons. The summed E-state index contributed by atoms with van der Waals surface area (Å²) in [6, 6.07) is 7.33. The maximum atomic E-state index is 12.2. The fraction of sp³-hybridized carbons (Fsp3) is 0.588. The van der Waals surface area contributed by atoms with Gasteiger partial charge in [-0.25, -0.2) is 4.79 Å². The number of ether oxygens (including phenoxy) is 2. The highest BCUT2D eigenvalue weighted by atomic mass is 16.6. The van der Waals surface area contributed by atoms with E-state index in [2.05, 4.69) is 24.3 Å². The Kier molecular flexibility index (Phi) is 6.07. The molecule has 2 atom stereocenters. The number of nitrogens with one attached hydrogen (secondary N) is 1. The van der Waals surface area contributed by atoms with Crippen LogP contribution in [0.25, 0.3) is 0 Å². The second kappa shape index (κ2) is 8.03. The fourth-order valence-corrected chi connectivity index (χ4v) is 3.03. The molecule has 0 spiro atoms. The van der Waals surface area contributed by atoms with Gasteiger partial charge in [-0.15, -0.1) is 0 Å². The number of hydrogen-bond acceptors (Lipinski definition) is 4. The van der Waals surface area contributed by atoms with Gasteiger partial charge in [0.1, 0.15) is 11.9 Å². The molecule has 0 bridgehead atoms. The van der Waals surface area contributed by atoms with Crippen molar-refractivity contribution in [2.24, 2.45) is 5.92 Å². The van der Waals surface area contributed by atoms with Gasteiger partial charge in [-0.2, -0.15) is 0 Å². The predicted octanol–water partition coefficient (Wildman–Crippen LogP) is 3.36. The van der Waals surface area contributed by atoms with Gasteiger partial charge in [0, 0.05) is 12.5 Å². The molecule has 22 heavy (non-hydrogen) atoms. The van der Waals surface area contributed by atoms with E-state index < -0.39 is 6.09 Å². The molecule has 1 aliphatic rings. The average molecular weight is 306 g/mol. The van der Waals surface area contributed by atoms with Crippen molar-refractivity contribution in [2.75, 3.05) is 33.1 Å². The Morgan fingerprint density at radius 1 is 1.27 bits per heavy atom. The molecule has 0 aliphatic heterocycles. The van der Waals surface area contributed by atoms with Crippen LogP contribution in [-0.4, -0.2) is 44.8 Å². The molecule has 5 nitrogen and oxygen atoms in total. The van der Waals surface area contributed by atoms with Crippen molar-refractivity contribution in [1.29, 1.82) is 0 Å². The van der Waals surface area contributed by atoms with E-state index in [1.807, 2.05) is 18.2 Å². The van der Waals surface area contributed by atoms with Gasteiger partial charge in [0.2, 0.25) is 0 Å². The molecular formula is C17H26N2O3. The molecule has 1 aromatic carbocycles. The lowest BCUT2D eigenvalue weighted by Crippen LogP contribution is -2.37. The summed E-state index contributed by atoms with van der Waals surface area (Å²) < 4.78 is 10.9. The molecule has 5 heteroatoms. The van der Waals surface area contributed by atoms with Crippen LogP contribution in [0.1, 0.15) is 25.7 Å². The Morgan fingerprint density at radius 3 is 2.73 bits per heavy atom. The third-order valence-corrected chi connectivity index (χ3v) is 4.04. The molecule has 2 rings (SSSR count). The number of amides is 1. The van der Waals surface area contributed by atoms with Gasteiger partial charge in [-0.05, 0) is 45.5 Å². The van der Waals surface area contributed by atoms with Crippen LogP contribution in [0, 0.1) is 5.92 Å². The smallest absolute Gasteiger partial charge is 0.412 e. The van der Waals surface area contributed by atoms with Crippen LogP contribution < -0.4 is 10.1 Å². The topological polar surface area (TPSA) is 50.8 Å². The van der Waals surface area contributed by atoms with Gasteiger partial charge >= 0.3 is 6.09 Å². The summed E-state index contributed by atoms with van der Waals surface area (Å²) in [5.74, 6) is 1.04. The van der Waals surface area contributed by atoms with Crippen molar-refractivity contribution in [3.63, 3.8) is 0 Å². The van der Waals surface area contributed by atoms with Crippen molar-refractivity contribution < 1.29 is 14.3 Å². The van der Waals surface area contributed by atoms with E-state index in [0.29, 0.717) is 17.4 Å². The molecule has 1 aromatic rings. The highest BCUT2D eigenvalue weighted by molar-refractivity contribution is 5.86. The first kappa shape index (κ1) is 16.6. The summed E-state index contributed by atoms with van der Waals surface area (Å²) in [7, 11) is 5.70. The van der Waals surface area contributed by atoms with Crippen molar-refractivity contribution in [3.8, 4) is 5.75 Å². The number of methoxy groups -OCH3 is 1. The van der Waals surface area contributed by atoms with Gasteiger partial charge in [-0.3, -0.25) is 5.32 Å². The van der Waals surface area contributed by atoms with E-state index in [4.69, 9.17) is 9.47 Å². The summed E-state index contributed by atoms with van der Waals surface area (Å²) in [6.07, 6.45) is 3.98. The number of hydrogen-bond donors (Lipinski definition) is 1. The monoisotopic (exact) mass is 306 g/mol. The average Bonchev–Trinajstić information content (AvgIpc) is 2.49. The van der Waals surface area contributed by atoms with Crippen LogP contribution in [0.5, 0.6) is 5.75 Å². The zero-order valence-electron chi connectivity index (χ0n) is 13.7. The zero-order chi connectivity index (χ0) is 15.9. The standard InChI is InChI=1S/C17H26N2O3/c1-19(2)12-13-8-4-6-10-15(13)22-17(20)18-14-9-5-7-11-16(14)21-3/h5,7,9,11,13,15H,4,6,8,10,12H2,1-3H3,(H,18,20)/t13-,15+/m1/s1. The van der Waals surface area contributed by atoms with Crippen molar-refractivity contribution in [1.82, 2.24) is 4.90 Å². The lowest BCUT2D eigenvalue weighted by Gasteiger charge is -2.32. The summed E-state index contributed by atoms with van der Waals surface area (Å²) in [4.78, 5) is 14.3. The summed E-state index contributed by atoms with van der Waals surface area (Å²) in [5.41, 5.74) is 0.634. The van der Waals surface area contributed by atoms with Crippen LogP contribution in [0.15, 0.2) is 24.3 Å². The highest BCUT2D eigenvalue weighted by Gasteiger charge is 2.28. The van der Waals surface area contributed by atoms with E-state index in [1.165, 1.54) is 6.42 Å². The molecule has 0 unspecified atom stereocenters. The van der Waals surface area contributed by atoms with E-state index in [9.17, 15) is 4.79 Å². The Labute approximate surface area is 132 Å². The Morgan fingerprint density at radius 2 is 2.00 bits per heavy atom.